The van der Waals surface area contributed by atoms with Crippen molar-refractivity contribution in [3.05, 3.63) is 22.8 Å². The summed E-state index contributed by atoms with van der Waals surface area (Å²) in [6.45, 7) is 1.12. The molecule has 20 heavy (non-hydrogen) atoms. The Labute approximate surface area is 121 Å². The van der Waals surface area contributed by atoms with Crippen molar-refractivity contribution in [1.29, 1.82) is 0 Å². The van der Waals surface area contributed by atoms with Crippen LogP contribution in [0.5, 0.6) is 0 Å². The lowest BCUT2D eigenvalue weighted by Crippen LogP contribution is -2.43. The fourth-order valence-corrected chi connectivity index (χ4v) is 2.56. The second-order valence-electron chi connectivity index (χ2n) is 4.71. The quantitative estimate of drug-likeness (QED) is 0.824. The molecule has 2 heterocycles. The summed E-state index contributed by atoms with van der Waals surface area (Å²) >= 11 is 5.86. The third kappa shape index (κ3) is 3.01. The van der Waals surface area contributed by atoms with Crippen LogP contribution in [0, 0.1) is 5.92 Å². The largest absolute Gasteiger partial charge is 0.478 e. The maximum absolute atomic E-state index is 11.7. The highest BCUT2D eigenvalue weighted by atomic mass is 35.5. The maximum atomic E-state index is 11.7. The molecule has 1 atom stereocenters. The Hall–Kier alpha value is -1.82. The van der Waals surface area contributed by atoms with Crippen molar-refractivity contribution in [2.75, 3.05) is 25.0 Å². The number of hydrogen-bond acceptors (Lipinski definition) is 4. The number of piperidine rings is 1. The summed E-state index contributed by atoms with van der Waals surface area (Å²) in [7, 11) is 1.60. The molecule has 6 nitrogen and oxygen atoms in total. The van der Waals surface area contributed by atoms with Gasteiger partial charge in [-0.1, -0.05) is 11.6 Å². The van der Waals surface area contributed by atoms with Crippen LogP contribution in [0.1, 0.15) is 23.2 Å². The Balaban J connectivity index is 2.28. The molecule has 1 aliphatic heterocycles. The van der Waals surface area contributed by atoms with Gasteiger partial charge in [0.15, 0.2) is 0 Å². The molecule has 0 aromatic carbocycles. The minimum Gasteiger partial charge on any atom is -0.478 e. The molecule has 0 radical (unpaired) electrons. The number of carboxylic acid groups (broad SMARTS) is 1. The van der Waals surface area contributed by atoms with Crippen LogP contribution in [0.15, 0.2) is 12.1 Å². The third-order valence-corrected chi connectivity index (χ3v) is 3.62. The highest BCUT2D eigenvalue weighted by Crippen LogP contribution is 2.26. The standard InChI is InChI=1S/C13H16ClN3O3/c1-15-12(18)8-3-2-6-17(7-8)11-9(13(19)20)4-5-10(14)16-11/h4-5,8H,2-3,6-7H2,1H3,(H,15,18)(H,19,20). The summed E-state index contributed by atoms with van der Waals surface area (Å²) in [4.78, 5) is 28.9. The first-order valence-electron chi connectivity index (χ1n) is 6.39. The zero-order chi connectivity index (χ0) is 14.7. The van der Waals surface area contributed by atoms with Crippen molar-refractivity contribution in [2.24, 2.45) is 5.92 Å². The Kier molecular flexibility index (Phi) is 4.44. The number of nitrogens with zero attached hydrogens (tertiary/aromatic N) is 2. The van der Waals surface area contributed by atoms with E-state index >= 15 is 0 Å². The van der Waals surface area contributed by atoms with Crippen LogP contribution >= 0.6 is 11.6 Å². The molecule has 0 aliphatic carbocycles. The Morgan fingerprint density at radius 2 is 2.25 bits per heavy atom. The lowest BCUT2D eigenvalue weighted by atomic mass is 9.97. The summed E-state index contributed by atoms with van der Waals surface area (Å²) in [5.74, 6) is -0.908. The lowest BCUT2D eigenvalue weighted by molar-refractivity contribution is -0.124. The van der Waals surface area contributed by atoms with Crippen molar-refractivity contribution in [3.63, 3.8) is 0 Å². The average Bonchev–Trinajstić information content (AvgIpc) is 2.46. The van der Waals surface area contributed by atoms with E-state index in [1.165, 1.54) is 12.1 Å². The van der Waals surface area contributed by atoms with Gasteiger partial charge in [0.25, 0.3) is 0 Å². The van der Waals surface area contributed by atoms with E-state index in [2.05, 4.69) is 10.3 Å². The van der Waals surface area contributed by atoms with Crippen LogP contribution in [-0.4, -0.2) is 42.1 Å². The summed E-state index contributed by atoms with van der Waals surface area (Å²) in [5, 5.41) is 12.1. The molecule has 1 unspecified atom stereocenters. The van der Waals surface area contributed by atoms with E-state index in [-0.39, 0.29) is 22.5 Å². The molecule has 0 bridgehead atoms. The molecule has 1 fully saturated rings. The monoisotopic (exact) mass is 297 g/mol. The number of amides is 1. The van der Waals surface area contributed by atoms with Crippen molar-refractivity contribution in [1.82, 2.24) is 10.3 Å². The summed E-state index contributed by atoms with van der Waals surface area (Å²) in [6, 6.07) is 2.89. The smallest absolute Gasteiger partial charge is 0.339 e. The van der Waals surface area contributed by atoms with Crippen LogP contribution in [0.3, 0.4) is 0 Å². The molecular weight excluding hydrogens is 282 g/mol. The third-order valence-electron chi connectivity index (χ3n) is 3.41. The summed E-state index contributed by atoms with van der Waals surface area (Å²) < 4.78 is 0. The number of nitrogens with one attached hydrogen (secondary N) is 1. The molecular formula is C13H16ClN3O3. The number of carbonyl (C=O) groups excluding carboxylic acids is 1. The van der Waals surface area contributed by atoms with Gasteiger partial charge in [-0.25, -0.2) is 9.78 Å². The van der Waals surface area contributed by atoms with Gasteiger partial charge >= 0.3 is 5.97 Å². The first kappa shape index (κ1) is 14.6. The van der Waals surface area contributed by atoms with Crippen molar-refractivity contribution in [2.45, 2.75) is 12.8 Å². The first-order chi connectivity index (χ1) is 9.52. The predicted octanol–water partition coefficient (Wildman–Crippen LogP) is 1.40. The van der Waals surface area contributed by atoms with E-state index in [1.807, 2.05) is 4.90 Å². The average molecular weight is 298 g/mol. The van der Waals surface area contributed by atoms with Gasteiger partial charge in [-0.05, 0) is 25.0 Å². The van der Waals surface area contributed by atoms with Gasteiger partial charge < -0.3 is 15.3 Å². The number of aromatic carboxylic acids is 1. The number of pyridine rings is 1. The highest BCUT2D eigenvalue weighted by Gasteiger charge is 2.28. The summed E-state index contributed by atoms with van der Waals surface area (Å²) in [5.41, 5.74) is 0.104. The van der Waals surface area contributed by atoms with Crippen LogP contribution < -0.4 is 10.2 Å². The molecule has 1 aromatic heterocycles. The van der Waals surface area contributed by atoms with Crippen molar-refractivity contribution >= 4 is 29.3 Å². The topological polar surface area (TPSA) is 82.5 Å². The Morgan fingerprint density at radius 3 is 2.90 bits per heavy atom. The zero-order valence-corrected chi connectivity index (χ0v) is 11.9. The minimum absolute atomic E-state index is 0.0337. The molecule has 0 saturated carbocycles. The van der Waals surface area contributed by atoms with Gasteiger partial charge in [-0.15, -0.1) is 0 Å². The minimum atomic E-state index is -1.05. The zero-order valence-electron chi connectivity index (χ0n) is 11.1. The van der Waals surface area contributed by atoms with Gasteiger partial charge in [-0.3, -0.25) is 4.79 Å². The van der Waals surface area contributed by atoms with Gasteiger partial charge in [-0.2, -0.15) is 0 Å². The molecule has 1 saturated heterocycles. The Morgan fingerprint density at radius 1 is 1.50 bits per heavy atom. The van der Waals surface area contributed by atoms with E-state index in [1.54, 1.807) is 7.05 Å². The van der Waals surface area contributed by atoms with E-state index in [9.17, 15) is 14.7 Å². The fraction of sp³-hybridized carbons (Fsp3) is 0.462. The Bertz CT molecular complexity index is 536. The van der Waals surface area contributed by atoms with Gasteiger partial charge in [0.2, 0.25) is 5.91 Å². The molecule has 108 valence electrons. The van der Waals surface area contributed by atoms with Gasteiger partial charge in [0.1, 0.15) is 16.5 Å². The van der Waals surface area contributed by atoms with Gasteiger partial charge in [0, 0.05) is 20.1 Å². The molecule has 1 amide bonds. The number of aromatic nitrogens is 1. The molecule has 2 rings (SSSR count). The van der Waals surface area contributed by atoms with Crippen LogP contribution in [-0.2, 0) is 4.79 Å². The second-order valence-corrected chi connectivity index (χ2v) is 5.10. The van der Waals surface area contributed by atoms with Crippen molar-refractivity contribution < 1.29 is 14.7 Å². The highest BCUT2D eigenvalue weighted by molar-refractivity contribution is 6.29. The predicted molar refractivity (Wildman–Crippen MR) is 75.2 cm³/mol. The van der Waals surface area contributed by atoms with E-state index in [4.69, 9.17) is 11.6 Å². The number of halogens is 1. The molecule has 0 spiro atoms. The number of carbonyl (C=O) groups is 2. The number of anilines is 1. The number of rotatable bonds is 3. The van der Waals surface area contributed by atoms with Crippen LogP contribution in [0.4, 0.5) is 5.82 Å². The fourth-order valence-electron chi connectivity index (χ4n) is 2.42. The van der Waals surface area contributed by atoms with E-state index in [0.717, 1.165) is 12.8 Å². The SMILES string of the molecule is CNC(=O)C1CCCN(c2nc(Cl)ccc2C(=O)O)C1. The molecule has 1 aliphatic rings. The molecule has 7 heteroatoms. The van der Waals surface area contributed by atoms with Crippen molar-refractivity contribution in [3.8, 4) is 0 Å². The normalized spacial score (nSPS) is 18.7. The number of hydrogen-bond donors (Lipinski definition) is 2. The molecule has 1 aromatic rings. The van der Waals surface area contributed by atoms with Crippen LogP contribution in [0.2, 0.25) is 5.15 Å². The number of carboxylic acids is 1. The lowest BCUT2D eigenvalue weighted by Gasteiger charge is -2.33. The molecule has 2 N–H and O–H groups in total. The second kappa shape index (κ2) is 6.09. The van der Waals surface area contributed by atoms with E-state index < -0.39 is 5.97 Å². The maximum Gasteiger partial charge on any atom is 0.339 e. The first-order valence-corrected chi connectivity index (χ1v) is 6.77. The van der Waals surface area contributed by atoms with E-state index in [0.29, 0.717) is 18.9 Å². The van der Waals surface area contributed by atoms with Crippen LogP contribution in [0.25, 0.3) is 0 Å². The van der Waals surface area contributed by atoms with Gasteiger partial charge in [0.05, 0.1) is 5.92 Å². The summed E-state index contributed by atoms with van der Waals surface area (Å²) in [6.07, 6.45) is 1.60.